The van der Waals surface area contributed by atoms with Crippen molar-refractivity contribution in [1.29, 1.82) is 0 Å². The molecule has 9 heteroatoms. The molecular weight excluding hydrogens is 330 g/mol. The lowest BCUT2D eigenvalue weighted by Crippen LogP contribution is -2.36. The van der Waals surface area contributed by atoms with Crippen LogP contribution >= 0.6 is 11.3 Å². The molecule has 0 saturated carbocycles. The van der Waals surface area contributed by atoms with Crippen molar-refractivity contribution in [3.05, 3.63) is 22.7 Å². The number of carbonyl (C=O) groups is 1. The Balaban J connectivity index is 2.01. The third-order valence-electron chi connectivity index (χ3n) is 3.56. The van der Waals surface area contributed by atoms with Crippen LogP contribution in [-0.4, -0.2) is 34.5 Å². The van der Waals surface area contributed by atoms with E-state index in [1.807, 2.05) is 6.92 Å². The number of fused-ring (bicyclic) bond motifs is 1. The zero-order valence-corrected chi connectivity index (χ0v) is 14.2. The molecule has 1 aliphatic rings. The van der Waals surface area contributed by atoms with Crippen LogP contribution in [0.15, 0.2) is 22.4 Å². The lowest BCUT2D eigenvalue weighted by molar-refractivity contribution is 0.159. The van der Waals surface area contributed by atoms with Gasteiger partial charge in [0.15, 0.2) is 0 Å². The van der Waals surface area contributed by atoms with Crippen LogP contribution in [0.5, 0.6) is 5.75 Å². The Kier molecular flexibility index (Phi) is 4.70. The molecule has 2 heterocycles. The molecule has 8 nitrogen and oxygen atoms in total. The predicted octanol–water partition coefficient (Wildman–Crippen LogP) is 3.88. The monoisotopic (exact) mass is 347 g/mol. The minimum Gasteiger partial charge on any atom is -0.508 e. The molecule has 24 heavy (non-hydrogen) atoms. The van der Waals surface area contributed by atoms with Gasteiger partial charge in [-0.1, -0.05) is 11.3 Å². The van der Waals surface area contributed by atoms with Gasteiger partial charge in [0.1, 0.15) is 16.4 Å². The molecule has 2 aromatic rings. The molecule has 1 aromatic carbocycles. The van der Waals surface area contributed by atoms with Gasteiger partial charge in [-0.3, -0.25) is 4.90 Å². The largest absolute Gasteiger partial charge is 0.508 e. The Morgan fingerprint density at radius 3 is 2.96 bits per heavy atom. The van der Waals surface area contributed by atoms with E-state index in [4.69, 9.17) is 4.74 Å². The number of aromatic nitrogens is 2. The first-order valence-electron chi connectivity index (χ1n) is 7.61. The average molecular weight is 347 g/mol. The predicted molar refractivity (Wildman–Crippen MR) is 89.6 cm³/mol. The Morgan fingerprint density at radius 2 is 2.25 bits per heavy atom. The van der Waals surface area contributed by atoms with E-state index in [0.29, 0.717) is 35.0 Å². The number of aryl methyl sites for hydroxylation is 1. The summed E-state index contributed by atoms with van der Waals surface area (Å²) in [5, 5.41) is 27.4. The molecule has 126 valence electrons. The summed E-state index contributed by atoms with van der Waals surface area (Å²) in [5.74, 6) is 0.143. The molecule has 3 rings (SSSR count). The van der Waals surface area contributed by atoms with Crippen molar-refractivity contribution in [2.45, 2.75) is 26.7 Å². The Hall–Kier alpha value is -2.55. The number of hydrogen-bond acceptors (Lipinski definition) is 8. The second-order valence-electron chi connectivity index (χ2n) is 5.19. The van der Waals surface area contributed by atoms with Crippen LogP contribution in [0.1, 0.15) is 23.9 Å². The number of carbonyl (C=O) groups excluding carboxylic acids is 1. The lowest BCUT2D eigenvalue weighted by Gasteiger charge is -2.29. The van der Waals surface area contributed by atoms with Crippen LogP contribution in [0.4, 0.5) is 21.3 Å². The molecule has 1 aliphatic heterocycles. The summed E-state index contributed by atoms with van der Waals surface area (Å²) in [7, 11) is 0. The number of azo groups is 1. The molecule has 0 atom stereocenters. The zero-order chi connectivity index (χ0) is 17.1. The fourth-order valence-electron chi connectivity index (χ4n) is 2.57. The molecule has 1 amide bonds. The SMILES string of the molecule is CCOC(=O)N1CCCc2c(O)ccc(N=Nc3nnc(C)s3)c21. The number of amides is 1. The summed E-state index contributed by atoms with van der Waals surface area (Å²) in [6.07, 6.45) is 0.959. The van der Waals surface area contributed by atoms with E-state index >= 15 is 0 Å². The third kappa shape index (κ3) is 3.21. The van der Waals surface area contributed by atoms with Crippen molar-refractivity contribution in [1.82, 2.24) is 10.2 Å². The molecule has 1 aromatic heterocycles. The Morgan fingerprint density at radius 1 is 1.42 bits per heavy atom. The Bertz CT molecular complexity index is 789. The van der Waals surface area contributed by atoms with E-state index in [9.17, 15) is 9.90 Å². The van der Waals surface area contributed by atoms with Crippen LogP contribution in [0.3, 0.4) is 0 Å². The number of ether oxygens (including phenoxy) is 1. The second-order valence-corrected chi connectivity index (χ2v) is 6.35. The number of anilines is 1. The van der Waals surface area contributed by atoms with Crippen LogP contribution in [0, 0.1) is 6.92 Å². The second kappa shape index (κ2) is 6.91. The Labute approximate surface area is 142 Å². The number of aromatic hydroxyl groups is 1. The highest BCUT2D eigenvalue weighted by atomic mass is 32.1. The maximum absolute atomic E-state index is 12.2. The van der Waals surface area contributed by atoms with Gasteiger partial charge in [0.05, 0.1) is 12.3 Å². The first-order valence-corrected chi connectivity index (χ1v) is 8.42. The highest BCUT2D eigenvalue weighted by molar-refractivity contribution is 7.14. The molecule has 0 spiro atoms. The highest BCUT2D eigenvalue weighted by Gasteiger charge is 2.28. The molecular formula is C15H17N5O3S. The van der Waals surface area contributed by atoms with Gasteiger partial charge in [-0.25, -0.2) is 4.79 Å². The first-order chi connectivity index (χ1) is 11.6. The number of benzene rings is 1. The van der Waals surface area contributed by atoms with Gasteiger partial charge in [0, 0.05) is 12.1 Å². The van der Waals surface area contributed by atoms with Crippen molar-refractivity contribution >= 4 is 33.9 Å². The third-order valence-corrected chi connectivity index (χ3v) is 4.28. The summed E-state index contributed by atoms with van der Waals surface area (Å²) in [4.78, 5) is 13.7. The van der Waals surface area contributed by atoms with E-state index in [1.165, 1.54) is 16.2 Å². The van der Waals surface area contributed by atoms with Crippen molar-refractivity contribution in [3.8, 4) is 5.75 Å². The molecule has 0 radical (unpaired) electrons. The summed E-state index contributed by atoms with van der Waals surface area (Å²) >= 11 is 1.33. The summed E-state index contributed by atoms with van der Waals surface area (Å²) in [6, 6.07) is 3.19. The minimum absolute atomic E-state index is 0.143. The molecule has 0 unspecified atom stereocenters. The zero-order valence-electron chi connectivity index (χ0n) is 13.4. The minimum atomic E-state index is -0.452. The number of hydrogen-bond donors (Lipinski definition) is 1. The maximum atomic E-state index is 12.2. The van der Waals surface area contributed by atoms with Gasteiger partial charge in [-0.2, -0.15) is 0 Å². The molecule has 1 N–H and O–H groups in total. The maximum Gasteiger partial charge on any atom is 0.414 e. The van der Waals surface area contributed by atoms with Crippen molar-refractivity contribution in [2.24, 2.45) is 10.2 Å². The smallest absolute Gasteiger partial charge is 0.414 e. The average Bonchev–Trinajstić information content (AvgIpc) is 2.99. The van der Waals surface area contributed by atoms with Crippen LogP contribution < -0.4 is 4.90 Å². The topological polar surface area (TPSA) is 100 Å². The van der Waals surface area contributed by atoms with E-state index in [-0.39, 0.29) is 12.4 Å². The van der Waals surface area contributed by atoms with E-state index in [2.05, 4.69) is 20.4 Å². The number of rotatable bonds is 3. The summed E-state index contributed by atoms with van der Waals surface area (Å²) < 4.78 is 5.11. The van der Waals surface area contributed by atoms with Gasteiger partial charge >= 0.3 is 6.09 Å². The summed E-state index contributed by atoms with van der Waals surface area (Å²) in [6.45, 7) is 4.38. The molecule has 0 bridgehead atoms. The first kappa shape index (κ1) is 16.3. The van der Waals surface area contributed by atoms with Gasteiger partial charge in [0.2, 0.25) is 0 Å². The molecule has 0 saturated heterocycles. The molecule has 0 aliphatic carbocycles. The van der Waals surface area contributed by atoms with Gasteiger partial charge in [-0.15, -0.1) is 20.4 Å². The quantitative estimate of drug-likeness (QED) is 0.849. The normalized spacial score (nSPS) is 14.0. The highest BCUT2D eigenvalue weighted by Crippen LogP contribution is 2.42. The lowest BCUT2D eigenvalue weighted by atomic mass is 9.99. The van der Waals surface area contributed by atoms with Crippen molar-refractivity contribution < 1.29 is 14.6 Å². The van der Waals surface area contributed by atoms with Crippen molar-refractivity contribution in [2.75, 3.05) is 18.1 Å². The van der Waals surface area contributed by atoms with Gasteiger partial charge < -0.3 is 9.84 Å². The fraction of sp³-hybridized carbons (Fsp3) is 0.400. The van der Waals surface area contributed by atoms with Gasteiger partial charge in [-0.05, 0) is 38.8 Å². The number of phenolic OH excluding ortho intramolecular Hbond substituents is 1. The number of phenols is 1. The van der Waals surface area contributed by atoms with Crippen LogP contribution in [0.2, 0.25) is 0 Å². The van der Waals surface area contributed by atoms with Crippen molar-refractivity contribution in [3.63, 3.8) is 0 Å². The standard InChI is InChI=1S/C15H17N5O3S/c1-3-23-15(22)20-8-4-5-10-12(21)7-6-11(13(10)20)17-19-14-18-16-9(2)24-14/h6-7,21H,3-5,8H2,1-2H3. The van der Waals surface area contributed by atoms with E-state index in [0.717, 1.165) is 11.4 Å². The van der Waals surface area contributed by atoms with E-state index in [1.54, 1.807) is 19.1 Å². The summed E-state index contributed by atoms with van der Waals surface area (Å²) in [5.41, 5.74) is 1.72. The molecule has 0 fully saturated rings. The van der Waals surface area contributed by atoms with E-state index < -0.39 is 6.09 Å². The van der Waals surface area contributed by atoms with Crippen LogP contribution in [-0.2, 0) is 11.2 Å². The van der Waals surface area contributed by atoms with Gasteiger partial charge in [0.25, 0.3) is 5.13 Å². The number of nitrogens with zero attached hydrogens (tertiary/aromatic N) is 5. The fourth-order valence-corrected chi connectivity index (χ4v) is 3.08. The van der Waals surface area contributed by atoms with Crippen LogP contribution in [0.25, 0.3) is 0 Å².